The maximum atomic E-state index is 5.51. The van der Waals surface area contributed by atoms with Crippen molar-refractivity contribution in [1.29, 1.82) is 0 Å². The molecule has 3 nitrogen and oxygen atoms in total. The molecule has 0 bridgehead atoms. The number of methoxy groups -OCH3 is 2. The molecule has 0 saturated heterocycles. The lowest BCUT2D eigenvalue weighted by atomic mass is 10.1. The number of hydrogen-bond donors (Lipinski definition) is 0. The third-order valence-corrected chi connectivity index (χ3v) is 3.75. The average molecular weight is 311 g/mol. The number of aryl methyl sites for hydroxylation is 1. The molecule has 0 aliphatic rings. The van der Waals surface area contributed by atoms with Crippen molar-refractivity contribution in [2.45, 2.75) is 11.8 Å². The number of rotatable bonds is 4. The van der Waals surface area contributed by atoms with E-state index in [-0.39, 0.29) is 4.83 Å². The Morgan fingerprint density at radius 3 is 2.50 bits per heavy atom. The van der Waals surface area contributed by atoms with E-state index >= 15 is 0 Å². The van der Waals surface area contributed by atoms with E-state index < -0.39 is 0 Å². The second-order valence-electron chi connectivity index (χ2n) is 3.94. The molecule has 4 heteroatoms. The van der Waals surface area contributed by atoms with Gasteiger partial charge >= 0.3 is 0 Å². The summed E-state index contributed by atoms with van der Waals surface area (Å²) in [5.41, 5.74) is 2.08. The maximum absolute atomic E-state index is 5.51. The summed E-state index contributed by atoms with van der Waals surface area (Å²) in [5, 5.41) is 0. The number of alkyl halides is 1. The summed E-state index contributed by atoms with van der Waals surface area (Å²) in [6.45, 7) is 2.01. The summed E-state index contributed by atoms with van der Waals surface area (Å²) in [5.74, 6) is 2.47. The second kappa shape index (κ2) is 5.48. The Bertz CT molecular complexity index is 534. The van der Waals surface area contributed by atoms with E-state index in [4.69, 9.17) is 13.9 Å². The largest absolute Gasteiger partial charge is 0.497 e. The summed E-state index contributed by atoms with van der Waals surface area (Å²) in [7, 11) is 3.30. The van der Waals surface area contributed by atoms with E-state index in [0.29, 0.717) is 0 Å². The van der Waals surface area contributed by atoms with E-state index in [2.05, 4.69) is 15.9 Å². The highest BCUT2D eigenvalue weighted by Crippen LogP contribution is 2.39. The van der Waals surface area contributed by atoms with Gasteiger partial charge in [-0.3, -0.25) is 0 Å². The Kier molecular flexibility index (Phi) is 3.97. The molecule has 18 heavy (non-hydrogen) atoms. The number of furan rings is 1. The molecule has 96 valence electrons. The highest BCUT2D eigenvalue weighted by atomic mass is 79.9. The lowest BCUT2D eigenvalue weighted by molar-refractivity contribution is 0.397. The zero-order valence-electron chi connectivity index (χ0n) is 10.6. The van der Waals surface area contributed by atoms with Crippen molar-refractivity contribution in [3.05, 3.63) is 47.4 Å². The Balaban J connectivity index is 2.45. The maximum Gasteiger partial charge on any atom is 0.124 e. The molecule has 2 aromatic rings. The highest BCUT2D eigenvalue weighted by molar-refractivity contribution is 9.09. The molecule has 2 rings (SSSR count). The molecule has 0 fully saturated rings. The van der Waals surface area contributed by atoms with Crippen LogP contribution in [-0.4, -0.2) is 14.2 Å². The molecule has 0 saturated carbocycles. The molecule has 0 N–H and O–H groups in total. The fourth-order valence-electron chi connectivity index (χ4n) is 1.82. The number of benzene rings is 1. The molecule has 1 unspecified atom stereocenters. The molecular formula is C14H15BrO3. The van der Waals surface area contributed by atoms with Crippen LogP contribution in [0.25, 0.3) is 0 Å². The summed E-state index contributed by atoms with van der Waals surface area (Å²) >= 11 is 3.65. The van der Waals surface area contributed by atoms with Gasteiger partial charge in [-0.1, -0.05) is 15.9 Å². The van der Waals surface area contributed by atoms with Crippen molar-refractivity contribution in [1.82, 2.24) is 0 Å². The van der Waals surface area contributed by atoms with Gasteiger partial charge in [-0.2, -0.15) is 0 Å². The van der Waals surface area contributed by atoms with Crippen LogP contribution < -0.4 is 9.47 Å². The molecular weight excluding hydrogens is 296 g/mol. The van der Waals surface area contributed by atoms with Crippen LogP contribution in [0.15, 0.2) is 34.9 Å². The summed E-state index contributed by atoms with van der Waals surface area (Å²) in [6.07, 6.45) is 1.69. The Morgan fingerprint density at radius 2 is 1.94 bits per heavy atom. The monoisotopic (exact) mass is 310 g/mol. The van der Waals surface area contributed by atoms with Crippen molar-refractivity contribution in [2.24, 2.45) is 0 Å². The SMILES string of the molecule is COc1ccc(OC)c(C(Br)c2occc2C)c1. The minimum absolute atomic E-state index is 0.0578. The van der Waals surface area contributed by atoms with Crippen LogP contribution in [0.2, 0.25) is 0 Å². The normalized spacial score (nSPS) is 12.2. The molecule has 0 aliphatic heterocycles. The number of halogens is 1. The first-order valence-corrected chi connectivity index (χ1v) is 6.49. The number of ether oxygens (including phenoxy) is 2. The summed E-state index contributed by atoms with van der Waals surface area (Å²) < 4.78 is 16.1. The van der Waals surface area contributed by atoms with Crippen LogP contribution in [0, 0.1) is 6.92 Å². The quantitative estimate of drug-likeness (QED) is 0.797. The predicted molar refractivity (Wildman–Crippen MR) is 73.8 cm³/mol. The van der Waals surface area contributed by atoms with Gasteiger partial charge in [0.1, 0.15) is 22.1 Å². The van der Waals surface area contributed by atoms with Crippen LogP contribution in [0.5, 0.6) is 11.5 Å². The zero-order chi connectivity index (χ0) is 13.1. The Morgan fingerprint density at radius 1 is 1.17 bits per heavy atom. The van der Waals surface area contributed by atoms with Gasteiger partial charge in [-0.15, -0.1) is 0 Å². The fourth-order valence-corrected chi connectivity index (χ4v) is 2.65. The third kappa shape index (κ3) is 2.38. The Labute approximate surface area is 115 Å². The third-order valence-electron chi connectivity index (χ3n) is 2.84. The highest BCUT2D eigenvalue weighted by Gasteiger charge is 2.20. The first kappa shape index (κ1) is 13.0. The van der Waals surface area contributed by atoms with Gasteiger partial charge in [0, 0.05) is 5.56 Å². The second-order valence-corrected chi connectivity index (χ2v) is 4.85. The molecule has 1 heterocycles. The van der Waals surface area contributed by atoms with Gasteiger partial charge in [-0.05, 0) is 36.8 Å². The van der Waals surface area contributed by atoms with Gasteiger partial charge in [0.05, 0.1) is 20.5 Å². The zero-order valence-corrected chi connectivity index (χ0v) is 12.2. The number of hydrogen-bond acceptors (Lipinski definition) is 3. The minimum atomic E-state index is -0.0578. The molecule has 1 aromatic heterocycles. The smallest absolute Gasteiger partial charge is 0.124 e. The molecule has 0 amide bonds. The van der Waals surface area contributed by atoms with Crippen LogP contribution in [0.1, 0.15) is 21.7 Å². The average Bonchev–Trinajstić information content (AvgIpc) is 2.83. The van der Waals surface area contributed by atoms with Gasteiger partial charge in [0.2, 0.25) is 0 Å². The van der Waals surface area contributed by atoms with Gasteiger partial charge in [0.25, 0.3) is 0 Å². The van der Waals surface area contributed by atoms with Crippen LogP contribution in [-0.2, 0) is 0 Å². The van der Waals surface area contributed by atoms with Crippen LogP contribution >= 0.6 is 15.9 Å². The summed E-state index contributed by atoms with van der Waals surface area (Å²) in [4.78, 5) is -0.0578. The van der Waals surface area contributed by atoms with E-state index in [1.165, 1.54) is 0 Å². The fraction of sp³-hybridized carbons (Fsp3) is 0.286. The molecule has 1 aromatic carbocycles. The van der Waals surface area contributed by atoms with Gasteiger partial charge in [0.15, 0.2) is 0 Å². The van der Waals surface area contributed by atoms with Crippen LogP contribution in [0.3, 0.4) is 0 Å². The van der Waals surface area contributed by atoms with Crippen molar-refractivity contribution < 1.29 is 13.9 Å². The molecule has 0 spiro atoms. The lowest BCUT2D eigenvalue weighted by Gasteiger charge is -2.14. The van der Waals surface area contributed by atoms with E-state index in [0.717, 1.165) is 28.4 Å². The van der Waals surface area contributed by atoms with E-state index in [9.17, 15) is 0 Å². The topological polar surface area (TPSA) is 31.6 Å². The van der Waals surface area contributed by atoms with Crippen molar-refractivity contribution in [3.63, 3.8) is 0 Å². The van der Waals surface area contributed by atoms with Gasteiger partial charge < -0.3 is 13.9 Å². The van der Waals surface area contributed by atoms with Crippen LogP contribution in [0.4, 0.5) is 0 Å². The lowest BCUT2D eigenvalue weighted by Crippen LogP contribution is -1.98. The molecule has 1 atom stereocenters. The standard InChI is InChI=1S/C14H15BrO3/c1-9-6-7-18-14(9)13(15)11-8-10(16-2)4-5-12(11)17-3/h4-8,13H,1-3H3. The van der Waals surface area contributed by atoms with E-state index in [1.54, 1.807) is 20.5 Å². The van der Waals surface area contributed by atoms with Crippen molar-refractivity contribution >= 4 is 15.9 Å². The van der Waals surface area contributed by atoms with E-state index in [1.807, 2.05) is 31.2 Å². The first-order valence-electron chi connectivity index (χ1n) is 5.57. The molecule has 0 aliphatic carbocycles. The van der Waals surface area contributed by atoms with Crippen molar-refractivity contribution in [2.75, 3.05) is 14.2 Å². The predicted octanol–water partition coefficient (Wildman–Crippen LogP) is 4.09. The Hall–Kier alpha value is -1.42. The molecule has 0 radical (unpaired) electrons. The summed E-state index contributed by atoms with van der Waals surface area (Å²) in [6, 6.07) is 7.65. The minimum Gasteiger partial charge on any atom is -0.497 e. The van der Waals surface area contributed by atoms with Gasteiger partial charge in [-0.25, -0.2) is 0 Å². The first-order chi connectivity index (χ1) is 8.67. The van der Waals surface area contributed by atoms with Crippen molar-refractivity contribution in [3.8, 4) is 11.5 Å².